The molecule has 2 aromatic carbocycles. The maximum Gasteiger partial charge on any atom is 0.268 e. The summed E-state index contributed by atoms with van der Waals surface area (Å²) in [6, 6.07) is 17.8. The van der Waals surface area contributed by atoms with Gasteiger partial charge in [0.25, 0.3) is 5.91 Å². The van der Waals surface area contributed by atoms with E-state index in [-0.39, 0.29) is 23.7 Å². The molecule has 33 heavy (non-hydrogen) atoms. The van der Waals surface area contributed by atoms with Crippen molar-refractivity contribution in [2.24, 2.45) is 5.92 Å². The monoisotopic (exact) mass is 465 g/mol. The molecule has 5 nitrogen and oxygen atoms in total. The molecule has 0 radical (unpaired) electrons. The van der Waals surface area contributed by atoms with Gasteiger partial charge in [-0.3, -0.25) is 4.79 Å². The number of aromatic amines is 1. The third-order valence-corrected chi connectivity index (χ3v) is 7.61. The van der Waals surface area contributed by atoms with E-state index < -0.39 is 0 Å². The third kappa shape index (κ3) is 4.28. The maximum atomic E-state index is 13.0. The van der Waals surface area contributed by atoms with E-state index in [4.69, 9.17) is 0 Å². The summed E-state index contributed by atoms with van der Waals surface area (Å²) in [6.45, 7) is 4.64. The molecule has 1 saturated heterocycles. The van der Waals surface area contributed by atoms with Crippen LogP contribution in [0, 0.1) is 12.8 Å². The lowest BCUT2D eigenvalue weighted by atomic mass is 9.58. The number of phenols is 1. The SMILES string of the molecule is Cc1c(C(=O)NCc2ccccc2)[nH]c2c1CC1CN(C)CCC1(c1cccc(O)c1)C2.Cl. The lowest BCUT2D eigenvalue weighted by Gasteiger charge is -2.50. The zero-order valence-corrected chi connectivity index (χ0v) is 20.0. The molecular formula is C27H32ClN3O2. The summed E-state index contributed by atoms with van der Waals surface area (Å²) in [4.78, 5) is 18.9. The molecule has 1 aromatic heterocycles. The lowest BCUT2D eigenvalue weighted by Crippen LogP contribution is -2.52. The molecule has 1 aliphatic heterocycles. The van der Waals surface area contributed by atoms with Crippen LogP contribution >= 0.6 is 12.4 Å². The van der Waals surface area contributed by atoms with Gasteiger partial charge in [-0.25, -0.2) is 0 Å². The number of carbonyl (C=O) groups is 1. The van der Waals surface area contributed by atoms with E-state index in [0.29, 0.717) is 23.9 Å². The van der Waals surface area contributed by atoms with Crippen LogP contribution in [0.3, 0.4) is 0 Å². The number of hydrogen-bond acceptors (Lipinski definition) is 3. The molecule has 2 aliphatic rings. The van der Waals surface area contributed by atoms with Crippen LogP contribution in [-0.2, 0) is 24.8 Å². The zero-order valence-electron chi connectivity index (χ0n) is 19.2. The summed E-state index contributed by atoms with van der Waals surface area (Å²) in [5.74, 6) is 0.724. The second-order valence-electron chi connectivity index (χ2n) is 9.55. The van der Waals surface area contributed by atoms with Crippen LogP contribution in [0.5, 0.6) is 5.75 Å². The van der Waals surface area contributed by atoms with Gasteiger partial charge in [0, 0.05) is 24.2 Å². The fraction of sp³-hybridized carbons (Fsp3) is 0.370. The van der Waals surface area contributed by atoms with E-state index in [9.17, 15) is 9.90 Å². The number of H-pyrrole nitrogens is 1. The molecule has 1 amide bonds. The van der Waals surface area contributed by atoms with Crippen molar-refractivity contribution in [2.45, 2.75) is 38.1 Å². The number of carbonyl (C=O) groups excluding carboxylic acids is 1. The average molecular weight is 466 g/mol. The van der Waals surface area contributed by atoms with Gasteiger partial charge in [0.2, 0.25) is 0 Å². The largest absolute Gasteiger partial charge is 0.508 e. The number of aromatic nitrogens is 1. The number of benzene rings is 2. The maximum absolute atomic E-state index is 13.0. The van der Waals surface area contributed by atoms with Crippen LogP contribution in [-0.4, -0.2) is 41.0 Å². The molecule has 3 aromatic rings. The molecule has 174 valence electrons. The molecule has 5 rings (SSSR count). The highest BCUT2D eigenvalue weighted by atomic mass is 35.5. The van der Waals surface area contributed by atoms with Crippen molar-refractivity contribution in [3.05, 3.63) is 88.2 Å². The molecule has 2 unspecified atom stereocenters. The number of hydrogen-bond donors (Lipinski definition) is 3. The highest BCUT2D eigenvalue weighted by Crippen LogP contribution is 2.48. The number of piperidine rings is 1. The second kappa shape index (κ2) is 9.24. The predicted molar refractivity (Wildman–Crippen MR) is 133 cm³/mol. The number of rotatable bonds is 4. The van der Waals surface area contributed by atoms with Crippen LogP contribution in [0.1, 0.15) is 44.9 Å². The predicted octanol–water partition coefficient (Wildman–Crippen LogP) is 4.37. The van der Waals surface area contributed by atoms with E-state index in [1.165, 1.54) is 16.8 Å². The third-order valence-electron chi connectivity index (χ3n) is 7.61. The molecule has 2 heterocycles. The smallest absolute Gasteiger partial charge is 0.268 e. The minimum atomic E-state index is -0.0488. The summed E-state index contributed by atoms with van der Waals surface area (Å²) in [5.41, 5.74) is 6.51. The first kappa shape index (κ1) is 23.4. The molecular weight excluding hydrogens is 434 g/mol. The topological polar surface area (TPSA) is 68.4 Å². The molecule has 6 heteroatoms. The summed E-state index contributed by atoms with van der Waals surface area (Å²) >= 11 is 0. The number of nitrogens with zero attached hydrogens (tertiary/aromatic N) is 1. The Bertz CT molecular complexity index is 1140. The van der Waals surface area contributed by atoms with Crippen molar-refractivity contribution in [3.8, 4) is 5.75 Å². The van der Waals surface area contributed by atoms with Crippen molar-refractivity contribution in [2.75, 3.05) is 20.1 Å². The van der Waals surface area contributed by atoms with Crippen molar-refractivity contribution >= 4 is 18.3 Å². The van der Waals surface area contributed by atoms with Gasteiger partial charge in [-0.15, -0.1) is 12.4 Å². The Labute approximate surface area is 201 Å². The summed E-state index contributed by atoms with van der Waals surface area (Å²) in [7, 11) is 2.19. The highest BCUT2D eigenvalue weighted by molar-refractivity contribution is 5.94. The van der Waals surface area contributed by atoms with Crippen molar-refractivity contribution < 1.29 is 9.90 Å². The number of amides is 1. The number of likely N-dealkylation sites (tertiary alicyclic amines) is 1. The highest BCUT2D eigenvalue weighted by Gasteiger charge is 2.48. The van der Waals surface area contributed by atoms with E-state index >= 15 is 0 Å². The molecule has 2 atom stereocenters. The second-order valence-corrected chi connectivity index (χ2v) is 9.55. The zero-order chi connectivity index (χ0) is 22.3. The Kier molecular flexibility index (Phi) is 6.55. The molecule has 0 spiro atoms. The number of halogens is 1. The summed E-state index contributed by atoms with van der Waals surface area (Å²) < 4.78 is 0. The molecule has 1 fully saturated rings. The van der Waals surface area contributed by atoms with Gasteiger partial charge in [-0.2, -0.15) is 0 Å². The summed E-state index contributed by atoms with van der Waals surface area (Å²) in [5, 5.41) is 13.3. The van der Waals surface area contributed by atoms with Crippen molar-refractivity contribution in [1.29, 1.82) is 0 Å². The number of nitrogens with one attached hydrogen (secondary N) is 2. The summed E-state index contributed by atoms with van der Waals surface area (Å²) in [6.07, 6.45) is 2.87. The first-order valence-electron chi connectivity index (χ1n) is 11.5. The van der Waals surface area contributed by atoms with Crippen LogP contribution in [0.25, 0.3) is 0 Å². The molecule has 0 bridgehead atoms. The first-order valence-corrected chi connectivity index (χ1v) is 11.5. The first-order chi connectivity index (χ1) is 15.5. The van der Waals surface area contributed by atoms with Crippen molar-refractivity contribution in [1.82, 2.24) is 15.2 Å². The van der Waals surface area contributed by atoms with Crippen LogP contribution in [0.4, 0.5) is 0 Å². The van der Waals surface area contributed by atoms with E-state index in [1.807, 2.05) is 42.5 Å². The normalized spacial score (nSPS) is 22.1. The van der Waals surface area contributed by atoms with Gasteiger partial charge in [-0.05, 0) is 80.1 Å². The van der Waals surface area contributed by atoms with Gasteiger partial charge >= 0.3 is 0 Å². The van der Waals surface area contributed by atoms with Gasteiger partial charge in [0.05, 0.1) is 0 Å². The van der Waals surface area contributed by atoms with Gasteiger partial charge in [-0.1, -0.05) is 42.5 Å². The quantitative estimate of drug-likeness (QED) is 0.536. The van der Waals surface area contributed by atoms with Crippen molar-refractivity contribution in [3.63, 3.8) is 0 Å². The molecule has 3 N–H and O–H groups in total. The fourth-order valence-electron chi connectivity index (χ4n) is 5.81. The number of fused-ring (bicyclic) bond motifs is 2. The molecule has 0 saturated carbocycles. The van der Waals surface area contributed by atoms with Gasteiger partial charge in [0.1, 0.15) is 11.4 Å². The van der Waals surface area contributed by atoms with E-state index in [2.05, 4.69) is 35.2 Å². The fourth-order valence-corrected chi connectivity index (χ4v) is 5.81. The minimum absolute atomic E-state index is 0. The molecule has 1 aliphatic carbocycles. The Balaban J connectivity index is 0.00000259. The van der Waals surface area contributed by atoms with E-state index in [0.717, 1.165) is 43.5 Å². The Hall–Kier alpha value is -2.76. The Morgan fingerprint density at radius 3 is 2.76 bits per heavy atom. The standard InChI is InChI=1S/C27H31N3O2.ClH/c1-18-23-14-21-17-30(2)12-11-27(21,20-9-6-10-22(31)13-20)15-24(23)29-25(18)26(32)28-16-19-7-4-3-5-8-19;/h3-10,13,21,29,31H,11-12,14-17H2,1-2H3,(H,28,32);1H. The van der Waals surface area contributed by atoms with Crippen LogP contribution in [0.15, 0.2) is 54.6 Å². The average Bonchev–Trinajstić information content (AvgIpc) is 3.12. The lowest BCUT2D eigenvalue weighted by molar-refractivity contribution is 0.0944. The number of aromatic hydroxyl groups is 1. The van der Waals surface area contributed by atoms with Crippen LogP contribution in [0.2, 0.25) is 0 Å². The Morgan fingerprint density at radius 2 is 2.00 bits per heavy atom. The van der Waals surface area contributed by atoms with Crippen LogP contribution < -0.4 is 5.32 Å². The van der Waals surface area contributed by atoms with Gasteiger partial charge < -0.3 is 20.3 Å². The van der Waals surface area contributed by atoms with Gasteiger partial charge in [0.15, 0.2) is 0 Å². The minimum Gasteiger partial charge on any atom is -0.508 e. The van der Waals surface area contributed by atoms with E-state index in [1.54, 1.807) is 6.07 Å². The number of phenolic OH excluding ortho intramolecular Hbond substituents is 1. The Morgan fingerprint density at radius 1 is 1.21 bits per heavy atom.